The van der Waals surface area contributed by atoms with E-state index in [1.54, 1.807) is 23.1 Å². The number of rotatable bonds is 3. The third-order valence-corrected chi connectivity index (χ3v) is 6.34. The van der Waals surface area contributed by atoms with Crippen molar-refractivity contribution in [1.82, 2.24) is 14.7 Å². The molecule has 3 unspecified atom stereocenters. The average Bonchev–Trinajstić information content (AvgIpc) is 3.41. The van der Waals surface area contributed by atoms with Crippen LogP contribution < -0.4 is 5.73 Å². The minimum Gasteiger partial charge on any atom is -0.399 e. The van der Waals surface area contributed by atoms with Gasteiger partial charge in [0, 0.05) is 30.8 Å². The van der Waals surface area contributed by atoms with Crippen LogP contribution in [0.25, 0.3) is 0 Å². The van der Waals surface area contributed by atoms with Crippen LogP contribution in [0.3, 0.4) is 0 Å². The summed E-state index contributed by atoms with van der Waals surface area (Å²) in [5, 5.41) is 0. The number of likely N-dealkylation sites (tertiary alicyclic amines) is 2. The van der Waals surface area contributed by atoms with Gasteiger partial charge in [-0.05, 0) is 30.5 Å². The van der Waals surface area contributed by atoms with Crippen LogP contribution in [-0.4, -0.2) is 76.2 Å². The minimum atomic E-state index is -0.750. The third-order valence-electron chi connectivity index (χ3n) is 6.34. The molecule has 0 radical (unpaired) electrons. The van der Waals surface area contributed by atoms with Gasteiger partial charge in [0.2, 0.25) is 11.8 Å². The molecule has 3 saturated heterocycles. The maximum Gasteiger partial charge on any atom is 0.255 e. The number of imide groups is 1. The maximum atomic E-state index is 13.1. The highest BCUT2D eigenvalue weighted by atomic mass is 16.5. The summed E-state index contributed by atoms with van der Waals surface area (Å²) in [5.74, 6) is -1.36. The highest BCUT2D eigenvalue weighted by Crippen LogP contribution is 2.31. The van der Waals surface area contributed by atoms with E-state index >= 15 is 0 Å². The number of carbonyl (C=O) groups excluding carboxylic acids is 4. The van der Waals surface area contributed by atoms with Gasteiger partial charge in [-0.2, -0.15) is 0 Å². The molecule has 3 atom stereocenters. The third kappa shape index (κ3) is 2.88. The van der Waals surface area contributed by atoms with Crippen LogP contribution in [0, 0.1) is 0 Å². The van der Waals surface area contributed by atoms with Crippen LogP contribution in [0.2, 0.25) is 0 Å². The van der Waals surface area contributed by atoms with Gasteiger partial charge in [0.15, 0.2) is 0 Å². The Hall–Kier alpha value is -2.94. The quantitative estimate of drug-likeness (QED) is 0.555. The summed E-state index contributed by atoms with van der Waals surface area (Å²) in [4.78, 5) is 55.3. The molecule has 5 rings (SSSR count). The fourth-order valence-corrected chi connectivity index (χ4v) is 4.80. The first-order chi connectivity index (χ1) is 13.9. The van der Waals surface area contributed by atoms with Gasteiger partial charge in [-0.15, -0.1) is 0 Å². The standard InChI is InChI=1S/C20H22N4O5/c21-12-2-1-11-7-23(19(27)15(11)5-12)16-3-4-17(25)24(20(16)28)9-18(26)22-8-14-6-13(22)10-29-14/h1-2,5,13-14,16H,3-4,6-10,21H2. The van der Waals surface area contributed by atoms with Gasteiger partial charge >= 0.3 is 0 Å². The number of hydrogen-bond acceptors (Lipinski definition) is 6. The number of morpholine rings is 1. The molecule has 4 aliphatic rings. The summed E-state index contributed by atoms with van der Waals surface area (Å²) >= 11 is 0. The zero-order valence-corrected chi connectivity index (χ0v) is 15.9. The Morgan fingerprint density at radius 1 is 1.24 bits per heavy atom. The first-order valence-corrected chi connectivity index (χ1v) is 9.87. The van der Waals surface area contributed by atoms with Crippen LogP contribution in [0.4, 0.5) is 5.69 Å². The number of carbonyl (C=O) groups is 4. The van der Waals surface area contributed by atoms with Gasteiger partial charge in [-0.1, -0.05) is 6.07 Å². The second kappa shape index (κ2) is 6.55. The predicted molar refractivity (Wildman–Crippen MR) is 100 cm³/mol. The number of ether oxygens (including phenoxy) is 1. The van der Waals surface area contributed by atoms with Gasteiger partial charge < -0.3 is 20.3 Å². The monoisotopic (exact) mass is 398 g/mol. The molecule has 0 saturated carbocycles. The number of nitrogen functional groups attached to an aromatic ring is 1. The SMILES string of the molecule is Nc1ccc2c(c1)C(=O)N(C1CCC(=O)N(CC(=O)N3CC4CC3CO4)C1=O)C2. The van der Waals surface area contributed by atoms with Crippen molar-refractivity contribution in [2.75, 3.05) is 25.4 Å². The number of benzene rings is 1. The molecule has 4 heterocycles. The lowest BCUT2D eigenvalue weighted by Gasteiger charge is -2.36. The Morgan fingerprint density at radius 2 is 2.07 bits per heavy atom. The summed E-state index contributed by atoms with van der Waals surface area (Å²) in [6, 6.07) is 4.40. The second-order valence-electron chi connectivity index (χ2n) is 8.11. The number of piperidine rings is 1. The topological polar surface area (TPSA) is 113 Å². The van der Waals surface area contributed by atoms with Crippen LogP contribution in [-0.2, 0) is 25.7 Å². The van der Waals surface area contributed by atoms with Crippen molar-refractivity contribution in [2.45, 2.75) is 44.0 Å². The lowest BCUT2D eigenvalue weighted by Crippen LogP contribution is -2.57. The molecular weight excluding hydrogens is 376 g/mol. The van der Waals surface area contributed by atoms with Crippen molar-refractivity contribution >= 4 is 29.3 Å². The number of nitrogens with two attached hydrogens (primary N) is 1. The van der Waals surface area contributed by atoms with E-state index in [0.29, 0.717) is 30.9 Å². The molecule has 2 N–H and O–H groups in total. The molecule has 0 aromatic heterocycles. The summed E-state index contributed by atoms with van der Waals surface area (Å²) in [5.41, 5.74) is 7.57. The van der Waals surface area contributed by atoms with E-state index in [2.05, 4.69) is 0 Å². The van der Waals surface area contributed by atoms with Gasteiger partial charge in [-0.25, -0.2) is 0 Å². The van der Waals surface area contributed by atoms with Crippen molar-refractivity contribution in [2.24, 2.45) is 0 Å². The van der Waals surface area contributed by atoms with Crippen LogP contribution in [0.15, 0.2) is 18.2 Å². The minimum absolute atomic E-state index is 0.0263. The lowest BCUT2D eigenvalue weighted by molar-refractivity contribution is -0.157. The van der Waals surface area contributed by atoms with Gasteiger partial charge in [0.1, 0.15) is 12.6 Å². The summed E-state index contributed by atoms with van der Waals surface area (Å²) in [6.07, 6.45) is 1.25. The van der Waals surface area contributed by atoms with Crippen molar-refractivity contribution in [3.8, 4) is 0 Å². The molecule has 152 valence electrons. The maximum absolute atomic E-state index is 13.1. The first-order valence-electron chi connectivity index (χ1n) is 9.87. The Labute approximate surface area is 167 Å². The molecule has 0 aliphatic carbocycles. The molecule has 29 heavy (non-hydrogen) atoms. The van der Waals surface area contributed by atoms with Crippen molar-refractivity contribution in [3.63, 3.8) is 0 Å². The van der Waals surface area contributed by atoms with E-state index < -0.39 is 11.9 Å². The smallest absolute Gasteiger partial charge is 0.255 e. The number of hydrogen-bond donors (Lipinski definition) is 1. The summed E-state index contributed by atoms with van der Waals surface area (Å²) in [7, 11) is 0. The zero-order valence-electron chi connectivity index (χ0n) is 15.9. The Balaban J connectivity index is 1.32. The molecule has 4 aliphatic heterocycles. The van der Waals surface area contributed by atoms with Crippen molar-refractivity contribution < 1.29 is 23.9 Å². The number of nitrogens with zero attached hydrogens (tertiary/aromatic N) is 3. The highest BCUT2D eigenvalue weighted by molar-refractivity contribution is 6.07. The fraction of sp³-hybridized carbons (Fsp3) is 0.500. The molecular formula is C20H22N4O5. The number of anilines is 1. The van der Waals surface area contributed by atoms with E-state index in [9.17, 15) is 19.2 Å². The van der Waals surface area contributed by atoms with Gasteiger partial charge in [-0.3, -0.25) is 24.1 Å². The second-order valence-corrected chi connectivity index (χ2v) is 8.11. The average molecular weight is 398 g/mol. The summed E-state index contributed by atoms with van der Waals surface area (Å²) in [6.45, 7) is 1.03. The molecule has 9 heteroatoms. The number of amides is 4. The first kappa shape index (κ1) is 18.1. The molecule has 1 aromatic rings. The van der Waals surface area contributed by atoms with E-state index in [1.807, 2.05) is 0 Å². The van der Waals surface area contributed by atoms with E-state index in [0.717, 1.165) is 16.9 Å². The Bertz CT molecular complexity index is 931. The Morgan fingerprint density at radius 3 is 2.79 bits per heavy atom. The van der Waals surface area contributed by atoms with Crippen LogP contribution in [0.1, 0.15) is 35.2 Å². The number of fused-ring (bicyclic) bond motifs is 3. The molecule has 0 spiro atoms. The highest BCUT2D eigenvalue weighted by Gasteiger charge is 2.46. The van der Waals surface area contributed by atoms with Crippen molar-refractivity contribution in [1.29, 1.82) is 0 Å². The van der Waals surface area contributed by atoms with Gasteiger partial charge in [0.25, 0.3) is 11.8 Å². The van der Waals surface area contributed by atoms with Crippen molar-refractivity contribution in [3.05, 3.63) is 29.3 Å². The molecule has 4 amide bonds. The lowest BCUT2D eigenvalue weighted by atomic mass is 10.0. The molecule has 2 bridgehead atoms. The van der Waals surface area contributed by atoms with E-state index in [-0.39, 0.29) is 49.3 Å². The normalized spacial score (nSPS) is 28.5. The molecule has 9 nitrogen and oxygen atoms in total. The van der Waals surface area contributed by atoms with E-state index in [4.69, 9.17) is 10.5 Å². The van der Waals surface area contributed by atoms with E-state index in [1.165, 1.54) is 4.90 Å². The summed E-state index contributed by atoms with van der Waals surface area (Å²) < 4.78 is 5.51. The fourth-order valence-electron chi connectivity index (χ4n) is 4.80. The zero-order chi connectivity index (χ0) is 20.3. The largest absolute Gasteiger partial charge is 0.399 e. The molecule has 3 fully saturated rings. The predicted octanol–water partition coefficient (Wildman–Crippen LogP) is -0.258. The van der Waals surface area contributed by atoms with Crippen LogP contribution in [0.5, 0.6) is 0 Å². The molecule has 1 aromatic carbocycles. The Kier molecular flexibility index (Phi) is 4.09. The van der Waals surface area contributed by atoms with Crippen LogP contribution >= 0.6 is 0 Å². The van der Waals surface area contributed by atoms with Gasteiger partial charge in [0.05, 0.1) is 18.8 Å².